The normalized spacial score (nSPS) is 17.1. The molecule has 1 aliphatic heterocycles. The molecule has 1 aromatic heterocycles. The number of H-pyrrole nitrogens is 1. The fourth-order valence-electron chi connectivity index (χ4n) is 3.83. The standard InChI is InChI=1S/C22H22N2O3/c1-27-17-9-6-8-16(13-17)20-11-4-5-12-24(20)22(26)18-14-15-7-2-3-10-19(15)23-21(18)25/h2-3,6-10,13-14,20H,4-5,11-12H2,1H3,(H,23,25). The third kappa shape index (κ3) is 3.33. The highest BCUT2D eigenvalue weighted by molar-refractivity contribution is 5.97. The molecule has 2 heterocycles. The number of hydrogen-bond donors (Lipinski definition) is 1. The lowest BCUT2D eigenvalue weighted by atomic mass is 9.94. The molecule has 1 unspecified atom stereocenters. The fourth-order valence-corrected chi connectivity index (χ4v) is 3.83. The van der Waals surface area contributed by atoms with Gasteiger partial charge in [-0.05, 0) is 54.5 Å². The summed E-state index contributed by atoms with van der Waals surface area (Å²) in [4.78, 5) is 30.5. The van der Waals surface area contributed by atoms with Crippen LogP contribution in [-0.2, 0) is 0 Å². The van der Waals surface area contributed by atoms with Gasteiger partial charge in [0.1, 0.15) is 11.3 Å². The molecule has 2 aromatic carbocycles. The van der Waals surface area contributed by atoms with Crippen molar-refractivity contribution in [3.63, 3.8) is 0 Å². The zero-order valence-corrected chi connectivity index (χ0v) is 15.3. The Bertz CT molecular complexity index is 1040. The second kappa shape index (κ2) is 7.27. The number of methoxy groups -OCH3 is 1. The minimum Gasteiger partial charge on any atom is -0.497 e. The molecule has 5 heteroatoms. The van der Waals surface area contributed by atoms with E-state index in [9.17, 15) is 9.59 Å². The maximum atomic E-state index is 13.3. The average molecular weight is 362 g/mol. The Kier molecular flexibility index (Phi) is 4.67. The van der Waals surface area contributed by atoms with E-state index in [0.717, 1.165) is 41.5 Å². The molecule has 1 aliphatic rings. The fraction of sp³-hybridized carbons (Fsp3) is 0.273. The van der Waals surface area contributed by atoms with Crippen LogP contribution in [0.3, 0.4) is 0 Å². The van der Waals surface area contributed by atoms with Gasteiger partial charge in [0.05, 0.1) is 13.2 Å². The molecule has 3 aromatic rings. The summed E-state index contributed by atoms with van der Waals surface area (Å²) in [6, 6.07) is 17.0. The first-order valence-electron chi connectivity index (χ1n) is 9.24. The van der Waals surface area contributed by atoms with E-state index in [0.29, 0.717) is 6.54 Å². The van der Waals surface area contributed by atoms with Crippen LogP contribution < -0.4 is 10.3 Å². The Labute approximate surface area is 157 Å². The lowest BCUT2D eigenvalue weighted by Crippen LogP contribution is -2.40. The van der Waals surface area contributed by atoms with Crippen LogP contribution in [0, 0.1) is 0 Å². The van der Waals surface area contributed by atoms with Crippen molar-refractivity contribution in [2.75, 3.05) is 13.7 Å². The highest BCUT2D eigenvalue weighted by Crippen LogP contribution is 2.33. The van der Waals surface area contributed by atoms with Gasteiger partial charge in [0.15, 0.2) is 0 Å². The Balaban J connectivity index is 1.72. The Morgan fingerprint density at radius 3 is 2.81 bits per heavy atom. The molecule has 0 aliphatic carbocycles. The number of aromatic amines is 1. The summed E-state index contributed by atoms with van der Waals surface area (Å²) in [6.45, 7) is 0.646. The van der Waals surface area contributed by atoms with Gasteiger partial charge in [0.2, 0.25) is 0 Å². The number of carbonyl (C=O) groups excluding carboxylic acids is 1. The number of nitrogens with one attached hydrogen (secondary N) is 1. The molecule has 0 saturated carbocycles. The van der Waals surface area contributed by atoms with E-state index in [2.05, 4.69) is 4.98 Å². The number of piperidine rings is 1. The van der Waals surface area contributed by atoms with Crippen LogP contribution >= 0.6 is 0 Å². The van der Waals surface area contributed by atoms with Crippen molar-refractivity contribution >= 4 is 16.8 Å². The first-order valence-corrected chi connectivity index (χ1v) is 9.24. The molecule has 138 valence electrons. The lowest BCUT2D eigenvalue weighted by Gasteiger charge is -2.36. The number of benzene rings is 2. The number of rotatable bonds is 3. The van der Waals surface area contributed by atoms with Gasteiger partial charge in [-0.2, -0.15) is 0 Å². The maximum Gasteiger partial charge on any atom is 0.261 e. The Morgan fingerprint density at radius 1 is 1.11 bits per heavy atom. The van der Waals surface area contributed by atoms with Crippen LogP contribution in [0.1, 0.15) is 41.2 Å². The summed E-state index contributed by atoms with van der Waals surface area (Å²) < 4.78 is 5.33. The number of ether oxygens (including phenoxy) is 1. The van der Waals surface area contributed by atoms with E-state index in [1.54, 1.807) is 13.2 Å². The minimum absolute atomic E-state index is 0.0489. The smallest absolute Gasteiger partial charge is 0.261 e. The predicted octanol–water partition coefficient (Wildman–Crippen LogP) is 3.90. The average Bonchev–Trinajstić information content (AvgIpc) is 2.73. The molecule has 27 heavy (non-hydrogen) atoms. The van der Waals surface area contributed by atoms with Gasteiger partial charge >= 0.3 is 0 Å². The molecule has 1 atom stereocenters. The molecule has 0 bridgehead atoms. The minimum atomic E-state index is -0.339. The van der Waals surface area contributed by atoms with Crippen LogP contribution in [0.5, 0.6) is 5.75 Å². The Hall–Kier alpha value is -3.08. The van der Waals surface area contributed by atoms with Crippen molar-refractivity contribution in [2.24, 2.45) is 0 Å². The van der Waals surface area contributed by atoms with E-state index < -0.39 is 0 Å². The molecule has 0 spiro atoms. The number of hydrogen-bond acceptors (Lipinski definition) is 3. The van der Waals surface area contributed by atoms with Crippen molar-refractivity contribution in [3.8, 4) is 5.75 Å². The third-order valence-corrected chi connectivity index (χ3v) is 5.23. The van der Waals surface area contributed by atoms with Crippen LogP contribution in [0.4, 0.5) is 0 Å². The number of carbonyl (C=O) groups is 1. The lowest BCUT2D eigenvalue weighted by molar-refractivity contribution is 0.0609. The maximum absolute atomic E-state index is 13.3. The molecule has 1 N–H and O–H groups in total. The van der Waals surface area contributed by atoms with E-state index in [4.69, 9.17) is 4.74 Å². The molecular formula is C22H22N2O3. The molecule has 0 radical (unpaired) electrons. The number of nitrogens with zero attached hydrogens (tertiary/aromatic N) is 1. The first-order chi connectivity index (χ1) is 13.2. The van der Waals surface area contributed by atoms with E-state index in [1.165, 1.54) is 0 Å². The van der Waals surface area contributed by atoms with Gasteiger partial charge in [-0.25, -0.2) is 0 Å². The molecule has 1 amide bonds. The van der Waals surface area contributed by atoms with Crippen molar-refractivity contribution in [1.82, 2.24) is 9.88 Å². The number of para-hydroxylation sites is 1. The van der Waals surface area contributed by atoms with Crippen LogP contribution in [-0.4, -0.2) is 29.4 Å². The van der Waals surface area contributed by atoms with E-state index in [-0.39, 0.29) is 23.1 Å². The highest BCUT2D eigenvalue weighted by atomic mass is 16.5. The third-order valence-electron chi connectivity index (χ3n) is 5.23. The summed E-state index contributed by atoms with van der Waals surface area (Å²) >= 11 is 0. The summed E-state index contributed by atoms with van der Waals surface area (Å²) in [5, 5.41) is 0.857. The summed E-state index contributed by atoms with van der Waals surface area (Å²) in [6.07, 6.45) is 2.88. The van der Waals surface area contributed by atoms with E-state index in [1.807, 2.05) is 53.4 Å². The van der Waals surface area contributed by atoms with Crippen LogP contribution in [0.15, 0.2) is 59.4 Å². The first kappa shape index (κ1) is 17.3. The number of amides is 1. The van der Waals surface area contributed by atoms with Gasteiger partial charge in [-0.1, -0.05) is 30.3 Å². The molecule has 1 saturated heterocycles. The van der Waals surface area contributed by atoms with Crippen molar-refractivity contribution in [2.45, 2.75) is 25.3 Å². The SMILES string of the molecule is COc1cccc(C2CCCCN2C(=O)c2cc3ccccc3[nH]c2=O)c1. The highest BCUT2D eigenvalue weighted by Gasteiger charge is 2.30. The second-order valence-electron chi connectivity index (χ2n) is 6.89. The van der Waals surface area contributed by atoms with Crippen molar-refractivity contribution in [3.05, 3.63) is 76.1 Å². The van der Waals surface area contributed by atoms with E-state index >= 15 is 0 Å². The van der Waals surface area contributed by atoms with Crippen LogP contribution in [0.2, 0.25) is 0 Å². The Morgan fingerprint density at radius 2 is 1.96 bits per heavy atom. The van der Waals surface area contributed by atoms with Crippen LogP contribution in [0.25, 0.3) is 10.9 Å². The summed E-state index contributed by atoms with van der Waals surface area (Å²) in [7, 11) is 1.64. The molecular weight excluding hydrogens is 340 g/mol. The quantitative estimate of drug-likeness (QED) is 0.768. The zero-order chi connectivity index (χ0) is 18.8. The molecule has 5 nitrogen and oxygen atoms in total. The number of pyridine rings is 1. The number of fused-ring (bicyclic) bond motifs is 1. The van der Waals surface area contributed by atoms with Crippen molar-refractivity contribution in [1.29, 1.82) is 0 Å². The largest absolute Gasteiger partial charge is 0.497 e. The monoisotopic (exact) mass is 362 g/mol. The number of aromatic nitrogens is 1. The van der Waals surface area contributed by atoms with Crippen molar-refractivity contribution < 1.29 is 9.53 Å². The topological polar surface area (TPSA) is 62.4 Å². The van der Waals surface area contributed by atoms with Gasteiger partial charge in [0, 0.05) is 12.1 Å². The van der Waals surface area contributed by atoms with Gasteiger partial charge in [0.25, 0.3) is 11.5 Å². The van der Waals surface area contributed by atoms with Gasteiger partial charge < -0.3 is 14.6 Å². The van der Waals surface area contributed by atoms with Gasteiger partial charge in [-0.3, -0.25) is 9.59 Å². The second-order valence-corrected chi connectivity index (χ2v) is 6.89. The molecule has 4 rings (SSSR count). The number of likely N-dealkylation sites (tertiary alicyclic amines) is 1. The summed E-state index contributed by atoms with van der Waals surface area (Å²) in [5.41, 5.74) is 1.64. The summed E-state index contributed by atoms with van der Waals surface area (Å²) in [5.74, 6) is 0.559. The predicted molar refractivity (Wildman–Crippen MR) is 105 cm³/mol. The molecule has 1 fully saturated rings. The van der Waals surface area contributed by atoms with Gasteiger partial charge in [-0.15, -0.1) is 0 Å². The zero-order valence-electron chi connectivity index (χ0n) is 15.3.